The van der Waals surface area contributed by atoms with Gasteiger partial charge in [-0.1, -0.05) is 15.9 Å². The number of halogens is 1. The fourth-order valence-electron chi connectivity index (χ4n) is 1.40. The highest BCUT2D eigenvalue weighted by Gasteiger charge is 2.21. The summed E-state index contributed by atoms with van der Waals surface area (Å²) in [6.45, 7) is 0.590. The molecule has 0 aliphatic rings. The molecule has 1 rings (SSSR count). The Hall–Kier alpha value is -1.12. The fraction of sp³-hybridized carbons (Fsp3) is 0.364. The molecule has 0 saturated heterocycles. The number of nitrogens with two attached hydrogens (primary N) is 1. The van der Waals surface area contributed by atoms with Crippen molar-refractivity contribution in [3.63, 3.8) is 0 Å². The first-order valence-electron chi connectivity index (χ1n) is 5.40. The zero-order chi connectivity index (χ0) is 14.5. The average molecular weight is 351 g/mol. The van der Waals surface area contributed by atoms with Gasteiger partial charge in [0.1, 0.15) is 5.75 Å². The topological polar surface area (TPSA) is 98.5 Å². The van der Waals surface area contributed by atoms with Crippen LogP contribution < -0.4 is 11.1 Å². The normalized spacial score (nSPS) is 11.3. The predicted octanol–water partition coefficient (Wildman–Crippen LogP) is 0.568. The Morgan fingerprint density at radius 1 is 1.47 bits per heavy atom. The van der Waals surface area contributed by atoms with Crippen LogP contribution in [0.2, 0.25) is 0 Å². The lowest BCUT2D eigenvalue weighted by Crippen LogP contribution is -2.32. The minimum atomic E-state index is -3.74. The van der Waals surface area contributed by atoms with Gasteiger partial charge in [0.2, 0.25) is 5.91 Å². The van der Waals surface area contributed by atoms with Crippen molar-refractivity contribution in [1.29, 1.82) is 0 Å². The maximum Gasteiger partial charge on any atom is 0.235 e. The Morgan fingerprint density at radius 2 is 2.16 bits per heavy atom. The molecule has 0 bridgehead atoms. The number of hydrogen-bond acceptors (Lipinski definition) is 5. The molecule has 0 aromatic heterocycles. The van der Waals surface area contributed by atoms with Crippen LogP contribution in [-0.2, 0) is 19.4 Å². The van der Waals surface area contributed by atoms with Crippen LogP contribution in [0.3, 0.4) is 0 Å². The van der Waals surface area contributed by atoms with E-state index in [4.69, 9.17) is 10.5 Å². The van der Waals surface area contributed by atoms with Crippen molar-refractivity contribution in [3.05, 3.63) is 22.7 Å². The van der Waals surface area contributed by atoms with Gasteiger partial charge < -0.3 is 15.8 Å². The van der Waals surface area contributed by atoms with Crippen LogP contribution in [-0.4, -0.2) is 40.3 Å². The Kier molecular flexibility index (Phi) is 5.77. The second-order valence-electron chi connectivity index (χ2n) is 3.78. The smallest absolute Gasteiger partial charge is 0.235 e. The van der Waals surface area contributed by atoms with Crippen molar-refractivity contribution in [1.82, 2.24) is 5.32 Å². The molecule has 6 nitrogen and oxygen atoms in total. The predicted molar refractivity (Wildman–Crippen MR) is 75.5 cm³/mol. The minimum Gasteiger partial charge on any atom is -0.398 e. The van der Waals surface area contributed by atoms with Gasteiger partial charge in [-0.05, 0) is 18.2 Å². The third-order valence-corrected chi connectivity index (χ3v) is 4.43. The monoisotopic (exact) mass is 350 g/mol. The summed E-state index contributed by atoms with van der Waals surface area (Å²) in [5.74, 6) is -1.22. The molecule has 0 heterocycles. The van der Waals surface area contributed by atoms with Crippen molar-refractivity contribution in [2.24, 2.45) is 0 Å². The van der Waals surface area contributed by atoms with Gasteiger partial charge in [0.05, 0.1) is 17.2 Å². The summed E-state index contributed by atoms with van der Waals surface area (Å²) < 4.78 is 29.5. The van der Waals surface area contributed by atoms with E-state index in [1.807, 2.05) is 0 Å². The second-order valence-corrected chi connectivity index (χ2v) is 6.66. The number of amides is 1. The SMILES string of the molecule is COCCNC(=O)CS(=O)(=O)c1ccc(Br)cc1N. The van der Waals surface area contributed by atoms with Crippen LogP contribution in [0.4, 0.5) is 5.69 Å². The number of rotatable bonds is 6. The highest BCUT2D eigenvalue weighted by Crippen LogP contribution is 2.23. The molecule has 0 fully saturated rings. The van der Waals surface area contributed by atoms with Crippen LogP contribution in [0, 0.1) is 0 Å². The molecular weight excluding hydrogens is 336 g/mol. The molecule has 0 unspecified atom stereocenters. The van der Waals surface area contributed by atoms with E-state index in [1.54, 1.807) is 6.07 Å². The van der Waals surface area contributed by atoms with E-state index in [-0.39, 0.29) is 17.1 Å². The number of benzene rings is 1. The minimum absolute atomic E-state index is 0.0439. The van der Waals surface area contributed by atoms with Crippen LogP contribution in [0.15, 0.2) is 27.6 Å². The van der Waals surface area contributed by atoms with E-state index in [9.17, 15) is 13.2 Å². The van der Waals surface area contributed by atoms with Crippen LogP contribution in [0.5, 0.6) is 0 Å². The van der Waals surface area contributed by atoms with E-state index in [1.165, 1.54) is 19.2 Å². The highest BCUT2D eigenvalue weighted by atomic mass is 79.9. The number of ether oxygens (including phenoxy) is 1. The van der Waals surface area contributed by atoms with E-state index in [2.05, 4.69) is 21.2 Å². The maximum absolute atomic E-state index is 12.0. The molecular formula is C11H15BrN2O4S. The first-order valence-corrected chi connectivity index (χ1v) is 7.85. The molecule has 1 aromatic carbocycles. The Bertz CT molecular complexity index is 560. The summed E-state index contributed by atoms with van der Waals surface area (Å²) in [7, 11) is -2.25. The summed E-state index contributed by atoms with van der Waals surface area (Å²) in [6, 6.07) is 4.42. The zero-order valence-electron chi connectivity index (χ0n) is 10.3. The van der Waals surface area contributed by atoms with Gasteiger partial charge in [0.15, 0.2) is 9.84 Å². The van der Waals surface area contributed by atoms with E-state index >= 15 is 0 Å². The molecule has 8 heteroatoms. The van der Waals surface area contributed by atoms with Crippen molar-refractivity contribution >= 4 is 37.4 Å². The number of carbonyl (C=O) groups is 1. The first kappa shape index (κ1) is 15.9. The van der Waals surface area contributed by atoms with E-state index in [0.717, 1.165) is 0 Å². The molecule has 0 spiro atoms. The largest absolute Gasteiger partial charge is 0.398 e. The van der Waals surface area contributed by atoms with Crippen molar-refractivity contribution in [3.8, 4) is 0 Å². The molecule has 3 N–H and O–H groups in total. The van der Waals surface area contributed by atoms with Gasteiger partial charge in [-0.25, -0.2) is 8.42 Å². The summed E-state index contributed by atoms with van der Waals surface area (Å²) in [5, 5.41) is 2.45. The lowest BCUT2D eigenvalue weighted by Gasteiger charge is -2.08. The van der Waals surface area contributed by atoms with Crippen molar-refractivity contribution in [2.75, 3.05) is 31.7 Å². The number of anilines is 1. The number of nitrogen functional groups attached to an aromatic ring is 1. The summed E-state index contributed by atoms with van der Waals surface area (Å²) >= 11 is 3.19. The van der Waals surface area contributed by atoms with Crippen molar-refractivity contribution in [2.45, 2.75) is 4.90 Å². The molecule has 106 valence electrons. The summed E-state index contributed by atoms with van der Waals surface area (Å²) in [4.78, 5) is 11.4. The van der Waals surface area contributed by atoms with Gasteiger partial charge in [-0.15, -0.1) is 0 Å². The molecule has 0 saturated carbocycles. The molecule has 19 heavy (non-hydrogen) atoms. The van der Waals surface area contributed by atoms with Crippen LogP contribution in [0.1, 0.15) is 0 Å². The molecule has 1 aromatic rings. The van der Waals surface area contributed by atoms with E-state index in [0.29, 0.717) is 11.1 Å². The number of carbonyl (C=O) groups excluding carboxylic acids is 1. The van der Waals surface area contributed by atoms with Crippen LogP contribution >= 0.6 is 15.9 Å². The lowest BCUT2D eigenvalue weighted by molar-refractivity contribution is -0.118. The molecule has 0 aliphatic heterocycles. The molecule has 0 atom stereocenters. The highest BCUT2D eigenvalue weighted by molar-refractivity contribution is 9.10. The van der Waals surface area contributed by atoms with Gasteiger partial charge in [-0.3, -0.25) is 4.79 Å². The average Bonchev–Trinajstić information content (AvgIpc) is 2.27. The Morgan fingerprint density at radius 3 is 2.74 bits per heavy atom. The van der Waals surface area contributed by atoms with E-state index < -0.39 is 21.5 Å². The second kappa shape index (κ2) is 6.88. The van der Waals surface area contributed by atoms with Crippen LogP contribution in [0.25, 0.3) is 0 Å². The quantitative estimate of drug-likeness (QED) is 0.577. The third kappa shape index (κ3) is 4.81. The lowest BCUT2D eigenvalue weighted by atomic mass is 10.3. The van der Waals surface area contributed by atoms with Crippen molar-refractivity contribution < 1.29 is 17.9 Å². The molecule has 1 amide bonds. The number of nitrogens with one attached hydrogen (secondary N) is 1. The summed E-state index contributed by atoms with van der Waals surface area (Å²) in [5.41, 5.74) is 5.75. The molecule has 0 radical (unpaired) electrons. The molecule has 0 aliphatic carbocycles. The van der Waals surface area contributed by atoms with Gasteiger partial charge in [0, 0.05) is 18.1 Å². The fourth-order valence-corrected chi connectivity index (χ4v) is 3.07. The number of methoxy groups -OCH3 is 1. The number of sulfone groups is 1. The zero-order valence-corrected chi connectivity index (χ0v) is 12.8. The number of hydrogen-bond donors (Lipinski definition) is 2. The van der Waals surface area contributed by atoms with Gasteiger partial charge >= 0.3 is 0 Å². The van der Waals surface area contributed by atoms with Gasteiger partial charge in [-0.2, -0.15) is 0 Å². The third-order valence-electron chi connectivity index (χ3n) is 2.26. The Labute approximate surface area is 120 Å². The summed E-state index contributed by atoms with van der Waals surface area (Å²) in [6.07, 6.45) is 0. The Balaban J connectivity index is 2.78. The van der Waals surface area contributed by atoms with Gasteiger partial charge in [0.25, 0.3) is 0 Å². The maximum atomic E-state index is 12.0. The standard InChI is InChI=1S/C11H15BrN2O4S/c1-18-5-4-14-11(15)7-19(16,17)10-3-2-8(12)6-9(10)13/h2-3,6H,4-5,7,13H2,1H3,(H,14,15). The first-order chi connectivity index (χ1) is 8.86.